The molecule has 2 rings (SSSR count). The van der Waals surface area contributed by atoms with Crippen molar-refractivity contribution in [2.24, 2.45) is 0 Å². The smallest absolute Gasteiger partial charge is 0.315 e. The van der Waals surface area contributed by atoms with Crippen LogP contribution in [-0.2, 0) is 0 Å². The second kappa shape index (κ2) is 6.24. The fourth-order valence-electron chi connectivity index (χ4n) is 2.54. The van der Waals surface area contributed by atoms with E-state index in [1.165, 1.54) is 0 Å². The molecule has 1 unspecified atom stereocenters. The van der Waals surface area contributed by atoms with Gasteiger partial charge in [0.1, 0.15) is 17.1 Å². The Labute approximate surface area is 126 Å². The first kappa shape index (κ1) is 15.5. The van der Waals surface area contributed by atoms with E-state index in [1.807, 2.05) is 39.0 Å². The topological polar surface area (TPSA) is 59.6 Å². The number of urea groups is 1. The van der Waals surface area contributed by atoms with E-state index in [9.17, 15) is 4.79 Å². The molecular formula is C16H24N2O3. The van der Waals surface area contributed by atoms with Gasteiger partial charge in [-0.1, -0.05) is 6.92 Å². The van der Waals surface area contributed by atoms with Crippen molar-refractivity contribution in [1.82, 2.24) is 10.6 Å². The fourth-order valence-corrected chi connectivity index (χ4v) is 2.54. The molecule has 1 heterocycles. The molecule has 1 aromatic rings. The van der Waals surface area contributed by atoms with Crippen LogP contribution in [0.4, 0.5) is 4.79 Å². The van der Waals surface area contributed by atoms with Gasteiger partial charge in [0.25, 0.3) is 0 Å². The van der Waals surface area contributed by atoms with Crippen molar-refractivity contribution in [3.05, 3.63) is 23.8 Å². The van der Waals surface area contributed by atoms with Crippen LogP contribution in [0.25, 0.3) is 0 Å². The number of rotatable bonds is 4. The number of carbonyl (C=O) groups is 1. The summed E-state index contributed by atoms with van der Waals surface area (Å²) in [4.78, 5) is 11.9. The first-order valence-electron chi connectivity index (χ1n) is 7.36. The molecule has 1 aliphatic rings. The van der Waals surface area contributed by atoms with Gasteiger partial charge in [-0.3, -0.25) is 0 Å². The highest BCUT2D eigenvalue weighted by Crippen LogP contribution is 2.41. The Morgan fingerprint density at radius 1 is 1.48 bits per heavy atom. The maximum atomic E-state index is 11.9. The minimum Gasteiger partial charge on any atom is -0.497 e. The summed E-state index contributed by atoms with van der Waals surface area (Å²) in [5, 5.41) is 5.88. The standard InChI is InChI=1S/C16H24N2O3/c1-5-8-17-15(19)18-13-10-16(2,3)21-14-9-11(20-4)6-7-12(13)14/h6-7,9,13H,5,8,10H2,1-4H3,(H2,17,18,19). The maximum absolute atomic E-state index is 11.9. The van der Waals surface area contributed by atoms with E-state index in [4.69, 9.17) is 9.47 Å². The van der Waals surface area contributed by atoms with Gasteiger partial charge in [-0.25, -0.2) is 4.79 Å². The van der Waals surface area contributed by atoms with E-state index in [0.717, 1.165) is 29.9 Å². The molecule has 0 saturated carbocycles. The lowest BCUT2D eigenvalue weighted by molar-refractivity contribution is 0.0676. The molecule has 21 heavy (non-hydrogen) atoms. The Hall–Kier alpha value is -1.91. The van der Waals surface area contributed by atoms with E-state index in [0.29, 0.717) is 6.54 Å². The van der Waals surface area contributed by atoms with Crippen molar-refractivity contribution in [3.63, 3.8) is 0 Å². The number of methoxy groups -OCH3 is 1. The van der Waals surface area contributed by atoms with Crippen molar-refractivity contribution in [2.75, 3.05) is 13.7 Å². The van der Waals surface area contributed by atoms with Crippen LogP contribution >= 0.6 is 0 Å². The monoisotopic (exact) mass is 292 g/mol. The quantitative estimate of drug-likeness (QED) is 0.897. The average molecular weight is 292 g/mol. The number of amides is 2. The number of ether oxygens (including phenoxy) is 2. The largest absolute Gasteiger partial charge is 0.497 e. The second-order valence-electron chi connectivity index (χ2n) is 5.92. The van der Waals surface area contributed by atoms with E-state index in [-0.39, 0.29) is 17.7 Å². The summed E-state index contributed by atoms with van der Waals surface area (Å²) in [6.07, 6.45) is 1.65. The van der Waals surface area contributed by atoms with E-state index >= 15 is 0 Å². The molecule has 1 aliphatic heterocycles. The van der Waals surface area contributed by atoms with Gasteiger partial charge in [0.2, 0.25) is 0 Å². The molecule has 0 spiro atoms. The number of hydrogen-bond donors (Lipinski definition) is 2. The maximum Gasteiger partial charge on any atom is 0.315 e. The van der Waals surface area contributed by atoms with Gasteiger partial charge in [-0.2, -0.15) is 0 Å². The van der Waals surface area contributed by atoms with Crippen molar-refractivity contribution in [3.8, 4) is 11.5 Å². The molecule has 0 fully saturated rings. The van der Waals surface area contributed by atoms with E-state index < -0.39 is 0 Å². The molecule has 116 valence electrons. The van der Waals surface area contributed by atoms with Gasteiger partial charge in [0.15, 0.2) is 0 Å². The molecule has 0 aromatic heterocycles. The summed E-state index contributed by atoms with van der Waals surface area (Å²) in [5.74, 6) is 1.52. The van der Waals surface area contributed by atoms with Gasteiger partial charge >= 0.3 is 6.03 Å². The summed E-state index contributed by atoms with van der Waals surface area (Å²) in [5.41, 5.74) is 0.656. The van der Waals surface area contributed by atoms with Crippen LogP contribution in [0.1, 0.15) is 45.2 Å². The second-order valence-corrected chi connectivity index (χ2v) is 5.92. The van der Waals surface area contributed by atoms with Crippen LogP contribution in [-0.4, -0.2) is 25.3 Å². The molecule has 1 atom stereocenters. The van der Waals surface area contributed by atoms with E-state index in [1.54, 1.807) is 7.11 Å². The minimum absolute atomic E-state index is 0.0634. The zero-order chi connectivity index (χ0) is 15.5. The Morgan fingerprint density at radius 2 is 2.24 bits per heavy atom. The Morgan fingerprint density at radius 3 is 2.90 bits per heavy atom. The number of benzene rings is 1. The first-order chi connectivity index (χ1) is 9.95. The lowest BCUT2D eigenvalue weighted by Crippen LogP contribution is -2.44. The molecule has 0 saturated heterocycles. The highest BCUT2D eigenvalue weighted by molar-refractivity contribution is 5.74. The molecule has 5 heteroatoms. The average Bonchev–Trinajstić information content (AvgIpc) is 2.43. The summed E-state index contributed by atoms with van der Waals surface area (Å²) in [6.45, 7) is 6.75. The van der Waals surface area contributed by atoms with E-state index in [2.05, 4.69) is 10.6 Å². The third-order valence-corrected chi connectivity index (χ3v) is 3.52. The molecule has 2 amide bonds. The van der Waals surface area contributed by atoms with Gasteiger partial charge in [0, 0.05) is 24.6 Å². The molecule has 0 radical (unpaired) electrons. The van der Waals surface area contributed by atoms with Gasteiger partial charge < -0.3 is 20.1 Å². The van der Waals surface area contributed by atoms with Crippen molar-refractivity contribution in [2.45, 2.75) is 45.3 Å². The molecule has 0 aliphatic carbocycles. The summed E-state index contributed by atoms with van der Waals surface area (Å²) >= 11 is 0. The Balaban J connectivity index is 2.20. The number of carbonyl (C=O) groups excluding carboxylic acids is 1. The molecule has 5 nitrogen and oxygen atoms in total. The Bertz CT molecular complexity index is 514. The van der Waals surface area contributed by atoms with Crippen molar-refractivity contribution in [1.29, 1.82) is 0 Å². The third-order valence-electron chi connectivity index (χ3n) is 3.52. The van der Waals surface area contributed by atoms with Crippen LogP contribution in [0.3, 0.4) is 0 Å². The normalized spacial score (nSPS) is 19.1. The summed E-state index contributed by atoms with van der Waals surface area (Å²) < 4.78 is 11.2. The fraction of sp³-hybridized carbons (Fsp3) is 0.562. The number of fused-ring (bicyclic) bond motifs is 1. The first-order valence-corrected chi connectivity index (χ1v) is 7.36. The lowest BCUT2D eigenvalue weighted by Gasteiger charge is -2.38. The highest BCUT2D eigenvalue weighted by Gasteiger charge is 2.34. The Kier molecular flexibility index (Phi) is 4.60. The third kappa shape index (κ3) is 3.80. The minimum atomic E-state index is -0.331. The number of nitrogens with one attached hydrogen (secondary N) is 2. The van der Waals surface area contributed by atoms with Crippen molar-refractivity contribution >= 4 is 6.03 Å². The molecule has 0 bridgehead atoms. The van der Waals surface area contributed by atoms with Crippen LogP contribution in [0.5, 0.6) is 11.5 Å². The van der Waals surface area contributed by atoms with Crippen LogP contribution in [0.2, 0.25) is 0 Å². The SMILES string of the molecule is CCCNC(=O)NC1CC(C)(C)Oc2cc(OC)ccc21. The van der Waals surface area contributed by atoms with Crippen LogP contribution in [0.15, 0.2) is 18.2 Å². The lowest BCUT2D eigenvalue weighted by atomic mass is 9.89. The van der Waals surface area contributed by atoms with Gasteiger partial charge in [-0.05, 0) is 32.4 Å². The summed E-state index contributed by atoms with van der Waals surface area (Å²) in [6, 6.07) is 5.51. The summed E-state index contributed by atoms with van der Waals surface area (Å²) in [7, 11) is 1.63. The highest BCUT2D eigenvalue weighted by atomic mass is 16.5. The predicted octanol–water partition coefficient (Wildman–Crippen LogP) is 3.01. The van der Waals surface area contributed by atoms with Gasteiger partial charge in [-0.15, -0.1) is 0 Å². The van der Waals surface area contributed by atoms with Crippen LogP contribution < -0.4 is 20.1 Å². The molecular weight excluding hydrogens is 268 g/mol. The van der Waals surface area contributed by atoms with Gasteiger partial charge in [0.05, 0.1) is 13.2 Å². The molecule has 1 aromatic carbocycles. The van der Waals surface area contributed by atoms with Crippen molar-refractivity contribution < 1.29 is 14.3 Å². The predicted molar refractivity (Wildman–Crippen MR) is 81.9 cm³/mol. The molecule has 2 N–H and O–H groups in total. The van der Waals surface area contributed by atoms with Crippen LogP contribution in [0, 0.1) is 0 Å². The zero-order valence-electron chi connectivity index (χ0n) is 13.2. The zero-order valence-corrected chi connectivity index (χ0v) is 13.2. The number of hydrogen-bond acceptors (Lipinski definition) is 3.